The summed E-state index contributed by atoms with van der Waals surface area (Å²) in [4.78, 5) is 12.5. The predicted molar refractivity (Wildman–Crippen MR) is 45.6 cm³/mol. The fourth-order valence-corrected chi connectivity index (χ4v) is 0.566. The van der Waals surface area contributed by atoms with Crippen molar-refractivity contribution >= 4 is 18.3 Å². The summed E-state index contributed by atoms with van der Waals surface area (Å²) in [6.45, 7) is 1.82. The minimum Gasteiger partial charge on any atom is -0.374 e. The Kier molecular flexibility index (Phi) is 7.72. The van der Waals surface area contributed by atoms with Crippen LogP contribution in [0.4, 0.5) is 0 Å². The first-order chi connectivity index (χ1) is 4.52. The molecule has 2 N–H and O–H groups in total. The van der Waals surface area contributed by atoms with Crippen LogP contribution in [0.1, 0.15) is 6.92 Å². The molecule has 0 aromatic carbocycles. The van der Waals surface area contributed by atoms with Crippen molar-refractivity contribution in [1.82, 2.24) is 10.2 Å². The van der Waals surface area contributed by atoms with Crippen LogP contribution >= 0.6 is 12.4 Å². The molecule has 0 bridgehead atoms. The van der Waals surface area contributed by atoms with E-state index in [4.69, 9.17) is 5.11 Å². The molecule has 0 spiro atoms. The van der Waals surface area contributed by atoms with Gasteiger partial charge in [0.1, 0.15) is 6.23 Å². The van der Waals surface area contributed by atoms with Gasteiger partial charge in [0.15, 0.2) is 0 Å². The predicted octanol–water partition coefficient (Wildman–Crippen LogP) is -0.576. The van der Waals surface area contributed by atoms with Crippen LogP contribution in [-0.4, -0.2) is 42.8 Å². The van der Waals surface area contributed by atoms with Gasteiger partial charge in [0.05, 0.1) is 6.54 Å². The highest BCUT2D eigenvalue weighted by atomic mass is 35.5. The van der Waals surface area contributed by atoms with Crippen LogP contribution in [0.25, 0.3) is 0 Å². The maximum absolute atomic E-state index is 10.8. The summed E-state index contributed by atoms with van der Waals surface area (Å²) >= 11 is 0. The Morgan fingerprint density at radius 1 is 1.64 bits per heavy atom. The van der Waals surface area contributed by atoms with Gasteiger partial charge in [0.25, 0.3) is 0 Å². The molecule has 0 aliphatic rings. The number of rotatable bonds is 3. The average Bonchev–Trinajstić information content (AvgIpc) is 1.58. The zero-order chi connectivity index (χ0) is 8.15. The topological polar surface area (TPSA) is 52.6 Å². The van der Waals surface area contributed by atoms with Crippen molar-refractivity contribution in [2.24, 2.45) is 0 Å². The molecule has 0 aliphatic heterocycles. The number of hydrogen-bond acceptors (Lipinski definition) is 3. The van der Waals surface area contributed by atoms with Crippen LogP contribution in [0.3, 0.4) is 0 Å². The van der Waals surface area contributed by atoms with E-state index in [0.717, 1.165) is 0 Å². The number of likely N-dealkylation sites (N-methyl/N-ethyl adjacent to an activating group) is 1. The van der Waals surface area contributed by atoms with E-state index < -0.39 is 6.23 Å². The zero-order valence-electron chi connectivity index (χ0n) is 7.00. The molecule has 5 heteroatoms. The lowest BCUT2D eigenvalue weighted by atomic mass is 10.5. The minimum atomic E-state index is -0.757. The van der Waals surface area contributed by atoms with Crippen molar-refractivity contribution in [2.75, 3.05) is 20.6 Å². The second kappa shape index (κ2) is 6.39. The smallest absolute Gasteiger partial charge is 0.236 e. The van der Waals surface area contributed by atoms with Gasteiger partial charge in [-0.3, -0.25) is 4.79 Å². The lowest BCUT2D eigenvalue weighted by Gasteiger charge is -2.11. The first-order valence-electron chi connectivity index (χ1n) is 3.14. The number of carbonyl (C=O) groups is 1. The van der Waals surface area contributed by atoms with Crippen molar-refractivity contribution in [3.05, 3.63) is 0 Å². The maximum Gasteiger partial charge on any atom is 0.236 e. The Balaban J connectivity index is 0. The van der Waals surface area contributed by atoms with Crippen LogP contribution in [0, 0.1) is 0 Å². The summed E-state index contributed by atoms with van der Waals surface area (Å²) in [5.41, 5.74) is 0. The lowest BCUT2D eigenvalue weighted by Crippen LogP contribution is -2.38. The molecular formula is C6H15ClN2O2. The number of hydrogen-bond donors (Lipinski definition) is 2. The lowest BCUT2D eigenvalue weighted by molar-refractivity contribution is -0.124. The fraction of sp³-hybridized carbons (Fsp3) is 0.833. The van der Waals surface area contributed by atoms with Gasteiger partial charge in [0.2, 0.25) is 5.91 Å². The van der Waals surface area contributed by atoms with Gasteiger partial charge in [0, 0.05) is 0 Å². The van der Waals surface area contributed by atoms with E-state index >= 15 is 0 Å². The van der Waals surface area contributed by atoms with E-state index in [1.807, 2.05) is 0 Å². The van der Waals surface area contributed by atoms with Gasteiger partial charge in [-0.1, -0.05) is 0 Å². The van der Waals surface area contributed by atoms with Crippen molar-refractivity contribution in [2.45, 2.75) is 13.2 Å². The van der Waals surface area contributed by atoms with E-state index in [9.17, 15) is 4.79 Å². The third kappa shape index (κ3) is 9.68. The normalized spacial score (nSPS) is 12.1. The molecule has 1 atom stereocenters. The Bertz CT molecular complexity index is 105. The maximum atomic E-state index is 10.8. The third-order valence-electron chi connectivity index (χ3n) is 0.830. The summed E-state index contributed by atoms with van der Waals surface area (Å²) in [5, 5.41) is 11.0. The second-order valence-corrected chi connectivity index (χ2v) is 2.48. The van der Waals surface area contributed by atoms with Crippen LogP contribution in [0.5, 0.6) is 0 Å². The summed E-state index contributed by atoms with van der Waals surface area (Å²) in [5.74, 6) is -0.167. The minimum absolute atomic E-state index is 0. The Morgan fingerprint density at radius 3 is 2.36 bits per heavy atom. The highest BCUT2D eigenvalue weighted by Gasteiger charge is 2.03. The average molecular weight is 183 g/mol. The number of aliphatic hydroxyl groups excluding tert-OH is 1. The molecule has 11 heavy (non-hydrogen) atoms. The monoisotopic (exact) mass is 182 g/mol. The van der Waals surface area contributed by atoms with Crippen molar-refractivity contribution < 1.29 is 9.90 Å². The number of aliphatic hydroxyl groups is 1. The highest BCUT2D eigenvalue weighted by molar-refractivity contribution is 5.85. The van der Waals surface area contributed by atoms with Gasteiger partial charge in [-0.05, 0) is 21.0 Å². The van der Waals surface area contributed by atoms with E-state index in [0.29, 0.717) is 6.54 Å². The van der Waals surface area contributed by atoms with Gasteiger partial charge >= 0.3 is 0 Å². The number of amides is 1. The summed E-state index contributed by atoms with van der Waals surface area (Å²) in [7, 11) is 3.59. The van der Waals surface area contributed by atoms with Crippen molar-refractivity contribution in [3.63, 3.8) is 0 Å². The molecule has 0 saturated carbocycles. The standard InChI is InChI=1S/C6H14N2O2.ClH/c1-5(9)7-6(10)4-8(2)3;/h5,9H,4H2,1-3H3,(H,7,10);1H. The summed E-state index contributed by atoms with van der Waals surface area (Å²) < 4.78 is 0. The van der Waals surface area contributed by atoms with Crippen LogP contribution in [0.15, 0.2) is 0 Å². The van der Waals surface area contributed by atoms with Crippen molar-refractivity contribution in [3.8, 4) is 0 Å². The van der Waals surface area contributed by atoms with Crippen LogP contribution in [0.2, 0.25) is 0 Å². The molecule has 0 heterocycles. The van der Waals surface area contributed by atoms with E-state index in [1.54, 1.807) is 19.0 Å². The van der Waals surface area contributed by atoms with E-state index in [2.05, 4.69) is 5.32 Å². The summed E-state index contributed by atoms with van der Waals surface area (Å²) in [6.07, 6.45) is -0.757. The quantitative estimate of drug-likeness (QED) is 0.575. The van der Waals surface area contributed by atoms with Gasteiger partial charge in [-0.25, -0.2) is 0 Å². The number of nitrogens with one attached hydrogen (secondary N) is 1. The largest absolute Gasteiger partial charge is 0.374 e. The molecule has 0 aliphatic carbocycles. The van der Waals surface area contributed by atoms with Crippen LogP contribution in [-0.2, 0) is 4.79 Å². The molecule has 0 aromatic rings. The Labute approximate surface area is 73.0 Å². The van der Waals surface area contributed by atoms with Gasteiger partial charge < -0.3 is 15.3 Å². The molecule has 1 amide bonds. The molecule has 0 saturated heterocycles. The molecule has 0 fully saturated rings. The Morgan fingerprint density at radius 2 is 2.09 bits per heavy atom. The Hall–Kier alpha value is -0.320. The van der Waals surface area contributed by atoms with E-state index in [1.165, 1.54) is 6.92 Å². The zero-order valence-corrected chi connectivity index (χ0v) is 7.81. The first kappa shape index (κ1) is 13.3. The highest BCUT2D eigenvalue weighted by Crippen LogP contribution is 1.76. The molecule has 0 aromatic heterocycles. The van der Waals surface area contributed by atoms with E-state index in [-0.39, 0.29) is 18.3 Å². The number of carbonyl (C=O) groups excluding carboxylic acids is 1. The SMILES string of the molecule is CC(O)NC(=O)CN(C)C.Cl. The summed E-state index contributed by atoms with van der Waals surface area (Å²) in [6, 6.07) is 0. The molecule has 0 radical (unpaired) electrons. The molecular weight excluding hydrogens is 168 g/mol. The molecule has 4 nitrogen and oxygen atoms in total. The van der Waals surface area contributed by atoms with Crippen molar-refractivity contribution in [1.29, 1.82) is 0 Å². The number of halogens is 1. The second-order valence-electron chi connectivity index (χ2n) is 2.48. The van der Waals surface area contributed by atoms with Gasteiger partial charge in [-0.15, -0.1) is 12.4 Å². The third-order valence-corrected chi connectivity index (χ3v) is 0.830. The van der Waals surface area contributed by atoms with Gasteiger partial charge in [-0.2, -0.15) is 0 Å². The fourth-order valence-electron chi connectivity index (χ4n) is 0.566. The first-order valence-corrected chi connectivity index (χ1v) is 3.14. The molecule has 0 rings (SSSR count). The van der Waals surface area contributed by atoms with Crippen LogP contribution < -0.4 is 5.32 Å². The number of nitrogens with zero attached hydrogens (tertiary/aromatic N) is 1. The molecule has 68 valence electrons. The molecule has 1 unspecified atom stereocenters.